The molecule has 0 N–H and O–H groups in total. The molecular weight excluding hydrogens is 236 g/mol. The summed E-state index contributed by atoms with van der Waals surface area (Å²) in [7, 11) is 0. The number of aromatic nitrogens is 1. The predicted molar refractivity (Wildman–Crippen MR) is 73.8 cm³/mol. The second kappa shape index (κ2) is 5.11. The molecule has 0 unspecified atom stereocenters. The van der Waals surface area contributed by atoms with Crippen LogP contribution in [0, 0.1) is 18.3 Å². The molecule has 0 aliphatic heterocycles. The average Bonchev–Trinajstić information content (AvgIpc) is 2.38. The molecule has 0 aliphatic rings. The number of rotatable bonds is 3. The molecule has 0 saturated carbocycles. The Morgan fingerprint density at radius 2 is 1.84 bits per heavy atom. The number of aryl methyl sites for hydroxylation is 1. The van der Waals surface area contributed by atoms with E-state index in [-0.39, 0.29) is 0 Å². The van der Waals surface area contributed by atoms with E-state index in [9.17, 15) is 0 Å². The van der Waals surface area contributed by atoms with Crippen LogP contribution in [0.3, 0.4) is 0 Å². The Morgan fingerprint density at radius 3 is 2.53 bits per heavy atom. The van der Waals surface area contributed by atoms with Gasteiger partial charge in [0.05, 0.1) is 0 Å². The maximum absolute atomic E-state index is 8.85. The van der Waals surface area contributed by atoms with Gasteiger partial charge < -0.3 is 4.74 Å². The van der Waals surface area contributed by atoms with Crippen LogP contribution in [-0.2, 0) is 5.60 Å². The highest BCUT2D eigenvalue weighted by atomic mass is 16.5. The molecule has 0 fully saturated rings. The third-order valence-corrected chi connectivity index (χ3v) is 2.99. The fourth-order valence-corrected chi connectivity index (χ4v) is 2.10. The first-order valence-corrected chi connectivity index (χ1v) is 6.15. The van der Waals surface area contributed by atoms with Gasteiger partial charge in [0.2, 0.25) is 5.88 Å². The topological polar surface area (TPSA) is 45.9 Å². The van der Waals surface area contributed by atoms with Crippen LogP contribution in [-0.4, -0.2) is 4.98 Å². The summed E-state index contributed by atoms with van der Waals surface area (Å²) >= 11 is 0. The third kappa shape index (κ3) is 2.92. The number of benzene rings is 1. The second-order valence-corrected chi connectivity index (χ2v) is 4.90. The number of ether oxygens (including phenoxy) is 1. The number of hydrogen-bond donors (Lipinski definition) is 0. The molecule has 0 atom stereocenters. The summed E-state index contributed by atoms with van der Waals surface area (Å²) in [5.74, 6) is 0.465. The monoisotopic (exact) mass is 252 g/mol. The van der Waals surface area contributed by atoms with Crippen LogP contribution in [0.15, 0.2) is 42.5 Å². The van der Waals surface area contributed by atoms with Crippen molar-refractivity contribution in [3.63, 3.8) is 0 Å². The molecule has 2 aromatic rings. The summed E-state index contributed by atoms with van der Waals surface area (Å²) in [6.07, 6.45) is 0. The molecule has 1 aromatic carbocycles. The molecule has 1 heterocycles. The van der Waals surface area contributed by atoms with Crippen molar-refractivity contribution in [3.05, 3.63) is 59.3 Å². The maximum Gasteiger partial charge on any atom is 0.215 e. The molecule has 0 amide bonds. The lowest BCUT2D eigenvalue weighted by Crippen LogP contribution is -2.26. The standard InChI is InChI=1S/C16H16N2O/c1-12-7-4-5-9-14(12)16(2,3)19-15-10-6-8-13(11-17)18-15/h4-10H,1-3H3. The molecule has 2 rings (SSSR count). The van der Waals surface area contributed by atoms with Gasteiger partial charge in [0.1, 0.15) is 17.4 Å². The van der Waals surface area contributed by atoms with E-state index in [4.69, 9.17) is 10.00 Å². The van der Waals surface area contributed by atoms with E-state index in [2.05, 4.69) is 18.0 Å². The maximum atomic E-state index is 8.85. The highest BCUT2D eigenvalue weighted by Gasteiger charge is 2.24. The van der Waals surface area contributed by atoms with Crippen LogP contribution < -0.4 is 4.74 Å². The van der Waals surface area contributed by atoms with E-state index in [1.54, 1.807) is 18.2 Å². The SMILES string of the molecule is Cc1ccccc1C(C)(C)Oc1cccc(C#N)n1. The fourth-order valence-electron chi connectivity index (χ4n) is 2.10. The predicted octanol–water partition coefficient (Wildman–Crippen LogP) is 3.58. The number of pyridine rings is 1. The van der Waals surface area contributed by atoms with E-state index < -0.39 is 5.60 Å². The zero-order valence-electron chi connectivity index (χ0n) is 11.3. The highest BCUT2D eigenvalue weighted by molar-refractivity contribution is 5.32. The summed E-state index contributed by atoms with van der Waals surface area (Å²) in [6, 6.07) is 15.3. The van der Waals surface area contributed by atoms with Gasteiger partial charge in [0.15, 0.2) is 0 Å². The van der Waals surface area contributed by atoms with Gasteiger partial charge in [-0.15, -0.1) is 0 Å². The summed E-state index contributed by atoms with van der Waals surface area (Å²) in [5.41, 5.74) is 2.15. The first kappa shape index (κ1) is 13.1. The van der Waals surface area contributed by atoms with E-state index in [0.29, 0.717) is 11.6 Å². The zero-order chi connectivity index (χ0) is 13.9. The van der Waals surface area contributed by atoms with E-state index in [1.807, 2.05) is 38.1 Å². The molecule has 19 heavy (non-hydrogen) atoms. The van der Waals surface area contributed by atoms with Gasteiger partial charge in [-0.2, -0.15) is 5.26 Å². The minimum Gasteiger partial charge on any atom is -0.467 e. The summed E-state index contributed by atoms with van der Waals surface area (Å²) in [4.78, 5) is 4.15. The van der Waals surface area contributed by atoms with Crippen molar-refractivity contribution in [2.75, 3.05) is 0 Å². The second-order valence-electron chi connectivity index (χ2n) is 4.90. The Kier molecular flexibility index (Phi) is 3.52. The molecule has 0 spiro atoms. The van der Waals surface area contributed by atoms with Gasteiger partial charge in [0.25, 0.3) is 0 Å². The first-order valence-electron chi connectivity index (χ1n) is 6.15. The van der Waals surface area contributed by atoms with Gasteiger partial charge in [-0.3, -0.25) is 0 Å². The van der Waals surface area contributed by atoms with Crippen molar-refractivity contribution in [2.45, 2.75) is 26.4 Å². The van der Waals surface area contributed by atoms with E-state index >= 15 is 0 Å². The molecule has 0 aliphatic carbocycles. The lowest BCUT2D eigenvalue weighted by molar-refractivity contribution is 0.101. The largest absolute Gasteiger partial charge is 0.467 e. The van der Waals surface area contributed by atoms with Gasteiger partial charge >= 0.3 is 0 Å². The van der Waals surface area contributed by atoms with Crippen molar-refractivity contribution in [1.82, 2.24) is 4.98 Å². The molecule has 96 valence electrons. The lowest BCUT2D eigenvalue weighted by atomic mass is 9.94. The Labute approximate surface area is 113 Å². The molecule has 1 aromatic heterocycles. The molecule has 0 bridgehead atoms. The smallest absolute Gasteiger partial charge is 0.215 e. The van der Waals surface area contributed by atoms with Crippen LogP contribution in [0.25, 0.3) is 0 Å². The molecular formula is C16H16N2O. The minimum atomic E-state index is -0.494. The first-order chi connectivity index (χ1) is 9.03. The fraction of sp³-hybridized carbons (Fsp3) is 0.250. The molecule has 0 radical (unpaired) electrons. The van der Waals surface area contributed by atoms with E-state index in [0.717, 1.165) is 5.56 Å². The quantitative estimate of drug-likeness (QED) is 0.838. The highest BCUT2D eigenvalue weighted by Crippen LogP contribution is 2.28. The molecule has 3 heteroatoms. The van der Waals surface area contributed by atoms with Crippen molar-refractivity contribution < 1.29 is 4.74 Å². The molecule has 0 saturated heterocycles. The van der Waals surface area contributed by atoms with Crippen LogP contribution >= 0.6 is 0 Å². The van der Waals surface area contributed by atoms with Gasteiger partial charge in [0, 0.05) is 6.07 Å². The van der Waals surface area contributed by atoms with Crippen LogP contribution in [0.5, 0.6) is 5.88 Å². The Morgan fingerprint density at radius 1 is 1.11 bits per heavy atom. The van der Waals surface area contributed by atoms with Crippen molar-refractivity contribution in [3.8, 4) is 11.9 Å². The third-order valence-electron chi connectivity index (χ3n) is 2.99. The number of nitrogens with zero attached hydrogens (tertiary/aromatic N) is 2. The van der Waals surface area contributed by atoms with Crippen LogP contribution in [0.4, 0.5) is 0 Å². The Hall–Kier alpha value is -2.34. The summed E-state index contributed by atoms with van der Waals surface area (Å²) in [6.45, 7) is 6.05. The van der Waals surface area contributed by atoms with Crippen LogP contribution in [0.2, 0.25) is 0 Å². The summed E-state index contributed by atoms with van der Waals surface area (Å²) < 4.78 is 5.95. The Balaban J connectivity index is 2.31. The van der Waals surface area contributed by atoms with Gasteiger partial charge in [-0.05, 0) is 38.0 Å². The van der Waals surface area contributed by atoms with Crippen LogP contribution in [0.1, 0.15) is 30.7 Å². The van der Waals surface area contributed by atoms with Crippen molar-refractivity contribution >= 4 is 0 Å². The normalized spacial score (nSPS) is 10.8. The van der Waals surface area contributed by atoms with E-state index in [1.165, 1.54) is 5.56 Å². The number of nitriles is 1. The Bertz CT molecular complexity index is 627. The van der Waals surface area contributed by atoms with Gasteiger partial charge in [-0.25, -0.2) is 4.98 Å². The molecule has 3 nitrogen and oxygen atoms in total. The van der Waals surface area contributed by atoms with Gasteiger partial charge in [-0.1, -0.05) is 30.3 Å². The number of hydrogen-bond acceptors (Lipinski definition) is 3. The lowest BCUT2D eigenvalue weighted by Gasteiger charge is -2.27. The van der Waals surface area contributed by atoms with Crippen molar-refractivity contribution in [1.29, 1.82) is 5.26 Å². The summed E-state index contributed by atoms with van der Waals surface area (Å²) in [5, 5.41) is 8.85. The zero-order valence-corrected chi connectivity index (χ0v) is 11.3. The average molecular weight is 252 g/mol. The minimum absolute atomic E-state index is 0.359. The van der Waals surface area contributed by atoms with Crippen molar-refractivity contribution in [2.24, 2.45) is 0 Å².